The molecule has 0 amide bonds. The molecule has 2 aliphatic heterocycles. The second kappa shape index (κ2) is 7.62. The fourth-order valence-electron chi connectivity index (χ4n) is 4.31. The van der Waals surface area contributed by atoms with E-state index >= 15 is 0 Å². The first-order valence-electron chi connectivity index (χ1n) is 9.68. The van der Waals surface area contributed by atoms with Gasteiger partial charge in [-0.1, -0.05) is 18.2 Å². The molecule has 0 saturated carbocycles. The van der Waals surface area contributed by atoms with Crippen molar-refractivity contribution in [1.82, 2.24) is 14.9 Å². The summed E-state index contributed by atoms with van der Waals surface area (Å²) in [6.45, 7) is 5.96. The lowest BCUT2D eigenvalue weighted by atomic mass is 9.91. The van der Waals surface area contributed by atoms with E-state index in [1.54, 1.807) is 6.07 Å². The van der Waals surface area contributed by atoms with E-state index in [9.17, 15) is 4.79 Å². The number of hydrogen-bond acceptors (Lipinski definition) is 4. The summed E-state index contributed by atoms with van der Waals surface area (Å²) in [6, 6.07) is 10.1. The number of para-hydroxylation sites is 1. The Morgan fingerprint density at radius 3 is 2.85 bits per heavy atom. The van der Waals surface area contributed by atoms with Crippen LogP contribution in [0.5, 0.6) is 5.75 Å². The molecule has 0 bridgehead atoms. The first-order chi connectivity index (χ1) is 12.7. The highest BCUT2D eigenvalue weighted by molar-refractivity contribution is 5.34. The van der Waals surface area contributed by atoms with Gasteiger partial charge in [0.05, 0.1) is 12.3 Å². The summed E-state index contributed by atoms with van der Waals surface area (Å²) in [6.07, 6.45) is 4.37. The molecule has 1 aromatic carbocycles. The maximum atomic E-state index is 11.7. The minimum Gasteiger partial charge on any atom is -0.493 e. The van der Waals surface area contributed by atoms with Gasteiger partial charge in [0, 0.05) is 18.5 Å². The van der Waals surface area contributed by atoms with Crippen molar-refractivity contribution in [1.29, 1.82) is 0 Å². The van der Waals surface area contributed by atoms with Crippen molar-refractivity contribution >= 4 is 0 Å². The largest absolute Gasteiger partial charge is 0.493 e. The fourth-order valence-corrected chi connectivity index (χ4v) is 4.31. The van der Waals surface area contributed by atoms with Gasteiger partial charge in [0.2, 0.25) is 0 Å². The monoisotopic (exact) mass is 353 g/mol. The van der Waals surface area contributed by atoms with E-state index in [0.717, 1.165) is 63.4 Å². The molecule has 5 heteroatoms. The van der Waals surface area contributed by atoms with Crippen LogP contribution in [0.15, 0.2) is 35.1 Å². The Balaban J connectivity index is 1.34. The average molecular weight is 353 g/mol. The average Bonchev–Trinajstić information content (AvgIpc) is 2.83. The summed E-state index contributed by atoms with van der Waals surface area (Å²) in [7, 11) is 0. The number of likely N-dealkylation sites (tertiary alicyclic amines) is 1. The lowest BCUT2D eigenvalue weighted by Crippen LogP contribution is -2.37. The zero-order chi connectivity index (χ0) is 17.9. The van der Waals surface area contributed by atoms with Gasteiger partial charge in [-0.25, -0.2) is 4.98 Å². The van der Waals surface area contributed by atoms with Crippen LogP contribution in [0.1, 0.15) is 42.3 Å². The minimum absolute atomic E-state index is 0.0351. The van der Waals surface area contributed by atoms with Crippen LogP contribution >= 0.6 is 0 Å². The number of hydrogen-bond donors (Lipinski definition) is 1. The van der Waals surface area contributed by atoms with Gasteiger partial charge in [0.1, 0.15) is 11.6 Å². The van der Waals surface area contributed by atoms with E-state index in [1.165, 1.54) is 5.56 Å². The summed E-state index contributed by atoms with van der Waals surface area (Å²) in [5.74, 6) is 2.83. The molecular formula is C21H27N3O2. The molecule has 26 heavy (non-hydrogen) atoms. The number of aromatic nitrogens is 2. The van der Waals surface area contributed by atoms with E-state index in [2.05, 4.69) is 33.1 Å². The summed E-state index contributed by atoms with van der Waals surface area (Å²) in [5.41, 5.74) is 2.27. The summed E-state index contributed by atoms with van der Waals surface area (Å²) < 4.78 is 5.91. The molecule has 0 radical (unpaired) electrons. The number of nitrogens with one attached hydrogen (secondary N) is 1. The highest BCUT2D eigenvalue weighted by Gasteiger charge is 2.25. The Labute approximate surface area is 154 Å². The van der Waals surface area contributed by atoms with Crippen molar-refractivity contribution in [2.75, 3.05) is 26.2 Å². The second-order valence-corrected chi connectivity index (χ2v) is 7.65. The van der Waals surface area contributed by atoms with E-state index in [4.69, 9.17) is 4.74 Å². The molecule has 1 aromatic heterocycles. The molecule has 1 unspecified atom stereocenters. The van der Waals surface area contributed by atoms with Crippen molar-refractivity contribution < 1.29 is 4.74 Å². The van der Waals surface area contributed by atoms with Gasteiger partial charge in [0.25, 0.3) is 5.56 Å². The molecule has 2 aliphatic rings. The number of nitrogens with zero attached hydrogens (tertiary/aromatic N) is 2. The van der Waals surface area contributed by atoms with Crippen LogP contribution in [-0.2, 0) is 6.42 Å². The fraction of sp³-hybridized carbons (Fsp3) is 0.524. The van der Waals surface area contributed by atoms with Crippen molar-refractivity contribution in [3.8, 4) is 5.75 Å². The Bertz CT molecular complexity index is 809. The van der Waals surface area contributed by atoms with Crippen LogP contribution in [0.2, 0.25) is 0 Å². The molecule has 5 nitrogen and oxygen atoms in total. The van der Waals surface area contributed by atoms with Gasteiger partial charge in [-0.2, -0.15) is 0 Å². The zero-order valence-corrected chi connectivity index (χ0v) is 15.4. The molecule has 0 aliphatic carbocycles. The van der Waals surface area contributed by atoms with E-state index < -0.39 is 0 Å². The van der Waals surface area contributed by atoms with Crippen LogP contribution < -0.4 is 10.3 Å². The SMILES string of the molecule is Cc1nc(C2CCN(CC3CCOc4ccccc4C3)CC2)cc(=O)[nH]1. The van der Waals surface area contributed by atoms with Crippen LogP contribution in [0.25, 0.3) is 0 Å². The topological polar surface area (TPSA) is 58.2 Å². The molecule has 1 fully saturated rings. The highest BCUT2D eigenvalue weighted by Crippen LogP contribution is 2.30. The Morgan fingerprint density at radius 2 is 2.04 bits per heavy atom. The van der Waals surface area contributed by atoms with Crippen molar-refractivity contribution in [2.45, 2.75) is 38.5 Å². The highest BCUT2D eigenvalue weighted by atomic mass is 16.5. The number of aromatic amines is 1. The number of benzene rings is 1. The first-order valence-corrected chi connectivity index (χ1v) is 9.68. The van der Waals surface area contributed by atoms with Crippen molar-refractivity contribution in [2.24, 2.45) is 5.92 Å². The lowest BCUT2D eigenvalue weighted by Gasteiger charge is -2.33. The van der Waals surface area contributed by atoms with Gasteiger partial charge < -0.3 is 14.6 Å². The van der Waals surface area contributed by atoms with Crippen LogP contribution in [0.3, 0.4) is 0 Å². The van der Waals surface area contributed by atoms with E-state index in [1.807, 2.05) is 13.0 Å². The quantitative estimate of drug-likeness (QED) is 0.922. The van der Waals surface area contributed by atoms with Crippen LogP contribution in [-0.4, -0.2) is 41.1 Å². The van der Waals surface area contributed by atoms with Crippen LogP contribution in [0.4, 0.5) is 0 Å². The van der Waals surface area contributed by atoms with Gasteiger partial charge in [0.15, 0.2) is 0 Å². The molecule has 2 aromatic rings. The predicted molar refractivity (Wildman–Crippen MR) is 102 cm³/mol. The first kappa shape index (κ1) is 17.3. The van der Waals surface area contributed by atoms with Crippen molar-refractivity contribution in [3.63, 3.8) is 0 Å². The number of aryl methyl sites for hydroxylation is 1. The smallest absolute Gasteiger partial charge is 0.251 e. The number of ether oxygens (including phenoxy) is 1. The molecule has 1 saturated heterocycles. The molecular weight excluding hydrogens is 326 g/mol. The maximum absolute atomic E-state index is 11.7. The number of rotatable bonds is 3. The van der Waals surface area contributed by atoms with Gasteiger partial charge in [-0.3, -0.25) is 4.79 Å². The molecule has 0 spiro atoms. The normalized spacial score (nSPS) is 21.7. The third-order valence-corrected chi connectivity index (χ3v) is 5.67. The Kier molecular flexibility index (Phi) is 5.07. The van der Waals surface area contributed by atoms with Gasteiger partial charge in [-0.05, 0) is 63.2 Å². The van der Waals surface area contributed by atoms with E-state index in [0.29, 0.717) is 17.7 Å². The zero-order valence-electron chi connectivity index (χ0n) is 15.4. The summed E-state index contributed by atoms with van der Waals surface area (Å²) in [5, 5.41) is 0. The summed E-state index contributed by atoms with van der Waals surface area (Å²) in [4.78, 5) is 21.6. The third-order valence-electron chi connectivity index (χ3n) is 5.67. The minimum atomic E-state index is -0.0351. The number of piperidine rings is 1. The summed E-state index contributed by atoms with van der Waals surface area (Å²) >= 11 is 0. The molecule has 4 rings (SSSR count). The molecule has 138 valence electrons. The molecule has 1 N–H and O–H groups in total. The van der Waals surface area contributed by atoms with E-state index in [-0.39, 0.29) is 5.56 Å². The van der Waals surface area contributed by atoms with Gasteiger partial charge >= 0.3 is 0 Å². The van der Waals surface area contributed by atoms with Crippen molar-refractivity contribution in [3.05, 3.63) is 57.8 Å². The maximum Gasteiger partial charge on any atom is 0.251 e. The predicted octanol–water partition coefficient (Wildman–Crippen LogP) is 2.90. The lowest BCUT2D eigenvalue weighted by molar-refractivity contribution is 0.171. The molecule has 1 atom stereocenters. The standard InChI is InChI=1S/C21H27N3O2/c1-15-22-19(13-21(25)23-15)17-6-9-24(10-7-17)14-16-8-11-26-20-5-3-2-4-18(20)12-16/h2-5,13,16-17H,6-12,14H2,1H3,(H,22,23,25). The molecule has 3 heterocycles. The second-order valence-electron chi connectivity index (χ2n) is 7.65. The third kappa shape index (κ3) is 3.98. The Morgan fingerprint density at radius 1 is 1.23 bits per heavy atom. The number of fused-ring (bicyclic) bond motifs is 1. The Hall–Kier alpha value is -2.14. The van der Waals surface area contributed by atoms with Gasteiger partial charge in [-0.15, -0.1) is 0 Å². The number of H-pyrrole nitrogens is 1. The van der Waals surface area contributed by atoms with Crippen LogP contribution in [0, 0.1) is 12.8 Å².